The van der Waals surface area contributed by atoms with E-state index in [4.69, 9.17) is 21.1 Å². The van der Waals surface area contributed by atoms with E-state index in [0.29, 0.717) is 24.5 Å². The maximum absolute atomic E-state index is 13.1. The molecule has 0 bridgehead atoms. The molecule has 1 aliphatic heterocycles. The Hall–Kier alpha value is -2.45. The van der Waals surface area contributed by atoms with Crippen LogP contribution in [0.5, 0.6) is 0 Å². The van der Waals surface area contributed by atoms with Crippen molar-refractivity contribution < 1.29 is 23.5 Å². The third-order valence-electron chi connectivity index (χ3n) is 4.16. The van der Waals surface area contributed by atoms with Gasteiger partial charge in [-0.1, -0.05) is 11.6 Å². The van der Waals surface area contributed by atoms with Gasteiger partial charge < -0.3 is 14.8 Å². The highest BCUT2D eigenvalue weighted by molar-refractivity contribution is 6.33. The molecule has 0 spiro atoms. The Balaban J connectivity index is 1.61. The zero-order valence-corrected chi connectivity index (χ0v) is 15.5. The number of halogens is 2. The third kappa shape index (κ3) is 4.64. The topological polar surface area (TPSA) is 82.5 Å². The number of benzene rings is 1. The first-order valence-electron chi connectivity index (χ1n) is 8.52. The van der Waals surface area contributed by atoms with Gasteiger partial charge in [0.25, 0.3) is 5.91 Å². The molecule has 27 heavy (non-hydrogen) atoms. The number of aromatic nitrogens is 2. The molecule has 3 rings (SSSR count). The average molecular weight is 396 g/mol. The van der Waals surface area contributed by atoms with E-state index in [1.165, 1.54) is 28.9 Å². The first-order chi connectivity index (χ1) is 13.0. The summed E-state index contributed by atoms with van der Waals surface area (Å²) in [6.07, 6.45) is 1.89. The predicted octanol–water partition coefficient (Wildman–Crippen LogP) is 2.43. The summed E-state index contributed by atoms with van der Waals surface area (Å²) in [5.74, 6) is -1.57. The van der Waals surface area contributed by atoms with Crippen LogP contribution in [-0.4, -0.2) is 47.5 Å². The second kappa shape index (κ2) is 8.49. The molecule has 1 atom stereocenters. The van der Waals surface area contributed by atoms with Crippen LogP contribution in [-0.2, 0) is 14.3 Å². The van der Waals surface area contributed by atoms with Crippen molar-refractivity contribution in [3.63, 3.8) is 0 Å². The summed E-state index contributed by atoms with van der Waals surface area (Å²) < 4.78 is 24.8. The standard InChI is InChI=1S/C18H19ClFN3O4/c1-11-16(17(19)23(22-11)13-6-4-12(20)5-7-13)18(25)27-10-15(24)21-9-14-3-2-8-26-14/h4-7,14H,2-3,8-10H2,1H3,(H,21,24)/t14-/m0/s1. The molecule has 1 N–H and O–H groups in total. The van der Waals surface area contributed by atoms with E-state index in [0.717, 1.165) is 12.8 Å². The zero-order chi connectivity index (χ0) is 19.4. The smallest absolute Gasteiger partial charge is 0.343 e. The van der Waals surface area contributed by atoms with Crippen LogP contribution in [0, 0.1) is 12.7 Å². The lowest BCUT2D eigenvalue weighted by Crippen LogP contribution is -2.34. The second-order valence-electron chi connectivity index (χ2n) is 6.15. The zero-order valence-electron chi connectivity index (χ0n) is 14.7. The fourth-order valence-corrected chi connectivity index (χ4v) is 3.12. The minimum Gasteiger partial charge on any atom is -0.452 e. The van der Waals surface area contributed by atoms with E-state index in [1.807, 2.05) is 0 Å². The van der Waals surface area contributed by atoms with Crippen LogP contribution < -0.4 is 5.32 Å². The number of hydrogen-bond acceptors (Lipinski definition) is 5. The SMILES string of the molecule is Cc1nn(-c2ccc(F)cc2)c(Cl)c1C(=O)OCC(=O)NC[C@@H]1CCCO1. The molecule has 2 aromatic rings. The van der Waals surface area contributed by atoms with E-state index >= 15 is 0 Å². The number of nitrogens with zero attached hydrogens (tertiary/aromatic N) is 2. The van der Waals surface area contributed by atoms with Gasteiger partial charge in [-0.15, -0.1) is 0 Å². The van der Waals surface area contributed by atoms with Gasteiger partial charge >= 0.3 is 5.97 Å². The van der Waals surface area contributed by atoms with Crippen LogP contribution in [0.1, 0.15) is 28.9 Å². The lowest BCUT2D eigenvalue weighted by Gasteiger charge is -2.11. The highest BCUT2D eigenvalue weighted by Crippen LogP contribution is 2.24. The van der Waals surface area contributed by atoms with E-state index in [-0.39, 0.29) is 16.8 Å². The van der Waals surface area contributed by atoms with Crippen molar-refractivity contribution in [2.75, 3.05) is 19.8 Å². The molecule has 1 amide bonds. The quantitative estimate of drug-likeness (QED) is 0.759. The molecule has 0 aliphatic carbocycles. The van der Waals surface area contributed by atoms with Crippen molar-refractivity contribution in [3.8, 4) is 5.69 Å². The van der Waals surface area contributed by atoms with Crippen LogP contribution in [0.3, 0.4) is 0 Å². The van der Waals surface area contributed by atoms with Crippen molar-refractivity contribution in [2.45, 2.75) is 25.9 Å². The van der Waals surface area contributed by atoms with Crippen LogP contribution in [0.4, 0.5) is 4.39 Å². The van der Waals surface area contributed by atoms with Gasteiger partial charge in [-0.2, -0.15) is 5.10 Å². The first kappa shape index (κ1) is 19.3. The number of amides is 1. The third-order valence-corrected chi connectivity index (χ3v) is 4.51. The molecule has 1 aromatic heterocycles. The summed E-state index contributed by atoms with van der Waals surface area (Å²) in [7, 11) is 0. The number of aryl methyl sites for hydroxylation is 1. The number of rotatable bonds is 6. The minimum atomic E-state index is -0.752. The van der Waals surface area contributed by atoms with E-state index in [1.54, 1.807) is 6.92 Å². The van der Waals surface area contributed by atoms with Gasteiger partial charge in [0.15, 0.2) is 6.61 Å². The maximum Gasteiger partial charge on any atom is 0.343 e. The van der Waals surface area contributed by atoms with Gasteiger partial charge in [-0.05, 0) is 44.0 Å². The van der Waals surface area contributed by atoms with Crippen molar-refractivity contribution in [3.05, 3.63) is 46.5 Å². The number of ether oxygens (including phenoxy) is 2. The Kier molecular flexibility index (Phi) is 6.08. The summed E-state index contributed by atoms with van der Waals surface area (Å²) >= 11 is 6.25. The number of carbonyl (C=O) groups excluding carboxylic acids is 2. The Morgan fingerprint density at radius 1 is 1.41 bits per heavy atom. The average Bonchev–Trinajstić information content (AvgIpc) is 3.26. The van der Waals surface area contributed by atoms with Gasteiger partial charge in [-0.3, -0.25) is 4.79 Å². The van der Waals surface area contributed by atoms with Crippen LogP contribution >= 0.6 is 11.6 Å². The molecule has 0 saturated carbocycles. The molecular formula is C18H19ClFN3O4. The lowest BCUT2D eigenvalue weighted by atomic mass is 10.2. The maximum atomic E-state index is 13.1. The van der Waals surface area contributed by atoms with Crippen LogP contribution in [0.15, 0.2) is 24.3 Å². The van der Waals surface area contributed by atoms with Gasteiger partial charge in [0.1, 0.15) is 16.5 Å². The van der Waals surface area contributed by atoms with Crippen LogP contribution in [0.2, 0.25) is 5.15 Å². The molecule has 1 aromatic carbocycles. The molecule has 0 radical (unpaired) electrons. The van der Waals surface area contributed by atoms with Gasteiger partial charge in [0.05, 0.1) is 17.5 Å². The summed E-state index contributed by atoms with van der Waals surface area (Å²) in [6, 6.07) is 5.50. The summed E-state index contributed by atoms with van der Waals surface area (Å²) in [4.78, 5) is 24.2. The Bertz CT molecular complexity index is 832. The number of carbonyl (C=O) groups is 2. The van der Waals surface area contributed by atoms with E-state index in [9.17, 15) is 14.0 Å². The van der Waals surface area contributed by atoms with E-state index in [2.05, 4.69) is 10.4 Å². The van der Waals surface area contributed by atoms with Crippen molar-refractivity contribution in [2.24, 2.45) is 0 Å². The highest BCUT2D eigenvalue weighted by atomic mass is 35.5. The fourth-order valence-electron chi connectivity index (χ4n) is 2.77. The molecule has 1 saturated heterocycles. The Morgan fingerprint density at radius 2 is 2.15 bits per heavy atom. The molecule has 2 heterocycles. The second-order valence-corrected chi connectivity index (χ2v) is 6.51. The Labute approximate surface area is 160 Å². The molecule has 9 heteroatoms. The van der Waals surface area contributed by atoms with E-state index < -0.39 is 24.3 Å². The Morgan fingerprint density at radius 3 is 2.81 bits per heavy atom. The largest absolute Gasteiger partial charge is 0.452 e. The monoisotopic (exact) mass is 395 g/mol. The molecule has 1 aliphatic rings. The summed E-state index contributed by atoms with van der Waals surface area (Å²) in [5.41, 5.74) is 0.903. The molecule has 0 unspecified atom stereocenters. The van der Waals surface area contributed by atoms with Crippen LogP contribution in [0.25, 0.3) is 5.69 Å². The fraction of sp³-hybridized carbons (Fsp3) is 0.389. The number of esters is 1. The van der Waals surface area contributed by atoms with Crippen molar-refractivity contribution in [1.29, 1.82) is 0 Å². The molecule has 7 nitrogen and oxygen atoms in total. The van der Waals surface area contributed by atoms with Crippen molar-refractivity contribution in [1.82, 2.24) is 15.1 Å². The highest BCUT2D eigenvalue weighted by Gasteiger charge is 2.23. The number of nitrogens with one attached hydrogen (secondary N) is 1. The minimum absolute atomic E-state index is 0.00952. The van der Waals surface area contributed by atoms with Gasteiger partial charge in [-0.25, -0.2) is 13.9 Å². The van der Waals surface area contributed by atoms with Crippen molar-refractivity contribution >= 4 is 23.5 Å². The molecule has 144 valence electrons. The van der Waals surface area contributed by atoms with Gasteiger partial charge in [0.2, 0.25) is 0 Å². The number of hydrogen-bond donors (Lipinski definition) is 1. The summed E-state index contributed by atoms with van der Waals surface area (Å²) in [6.45, 7) is 2.26. The summed E-state index contributed by atoms with van der Waals surface area (Å²) in [5, 5.41) is 6.89. The first-order valence-corrected chi connectivity index (χ1v) is 8.90. The predicted molar refractivity (Wildman–Crippen MR) is 95.5 cm³/mol. The molecular weight excluding hydrogens is 377 g/mol. The lowest BCUT2D eigenvalue weighted by molar-refractivity contribution is -0.124. The van der Waals surface area contributed by atoms with Gasteiger partial charge in [0, 0.05) is 13.2 Å². The molecule has 1 fully saturated rings. The normalized spacial score (nSPS) is 16.3.